The molecule has 0 aromatic rings. The molecule has 1 unspecified atom stereocenters. The molecule has 1 heterocycles. The van der Waals surface area contributed by atoms with Crippen LogP contribution in [0.5, 0.6) is 0 Å². The minimum absolute atomic E-state index is 0.305. The second kappa shape index (κ2) is 6.39. The summed E-state index contributed by atoms with van der Waals surface area (Å²) in [5, 5.41) is 0. The molecule has 0 spiro atoms. The monoisotopic (exact) mass is 239 g/mol. The maximum absolute atomic E-state index is 12.4. The summed E-state index contributed by atoms with van der Waals surface area (Å²) >= 11 is 0. The molecule has 3 nitrogen and oxygen atoms in total. The average molecular weight is 239 g/mol. The van der Waals surface area contributed by atoms with Crippen molar-refractivity contribution in [1.29, 1.82) is 0 Å². The molecule has 1 aliphatic carbocycles. The zero-order valence-electron chi connectivity index (χ0n) is 11.0. The highest BCUT2D eigenvalue weighted by molar-refractivity contribution is 5.79. The number of nitrogens with zero attached hydrogens (tertiary/aromatic N) is 1. The molecule has 2 rings (SSSR count). The van der Waals surface area contributed by atoms with E-state index in [1.807, 2.05) is 0 Å². The maximum Gasteiger partial charge on any atom is 0.225 e. The molecule has 2 aliphatic rings. The van der Waals surface area contributed by atoms with Crippen LogP contribution in [0.25, 0.3) is 0 Å². The maximum atomic E-state index is 12.4. The van der Waals surface area contributed by atoms with Crippen molar-refractivity contribution in [3.8, 4) is 0 Å². The first kappa shape index (κ1) is 12.9. The Balaban J connectivity index is 1.84. The van der Waals surface area contributed by atoms with Crippen LogP contribution in [0.15, 0.2) is 0 Å². The first-order chi connectivity index (χ1) is 8.31. The van der Waals surface area contributed by atoms with Crippen LogP contribution >= 0.6 is 0 Å². The highest BCUT2D eigenvalue weighted by atomic mass is 16.6. The van der Waals surface area contributed by atoms with Gasteiger partial charge >= 0.3 is 0 Å². The number of rotatable bonds is 6. The topological polar surface area (TPSA) is 32.8 Å². The molecule has 0 bridgehead atoms. The highest BCUT2D eigenvalue weighted by Gasteiger charge is 2.31. The van der Waals surface area contributed by atoms with Crippen LogP contribution < -0.4 is 0 Å². The summed E-state index contributed by atoms with van der Waals surface area (Å²) in [5.41, 5.74) is 0. The van der Waals surface area contributed by atoms with Gasteiger partial charge in [0.1, 0.15) is 0 Å². The van der Waals surface area contributed by atoms with E-state index in [9.17, 15) is 4.79 Å². The predicted octanol–water partition coefficient (Wildman–Crippen LogP) is 2.59. The fourth-order valence-electron chi connectivity index (χ4n) is 2.67. The Morgan fingerprint density at radius 1 is 1.29 bits per heavy atom. The van der Waals surface area contributed by atoms with E-state index in [2.05, 4.69) is 11.8 Å². The van der Waals surface area contributed by atoms with Crippen LogP contribution in [0.1, 0.15) is 51.9 Å². The van der Waals surface area contributed by atoms with Crippen LogP contribution in [0.3, 0.4) is 0 Å². The van der Waals surface area contributed by atoms with E-state index < -0.39 is 0 Å². The van der Waals surface area contributed by atoms with Gasteiger partial charge in [-0.3, -0.25) is 4.79 Å². The lowest BCUT2D eigenvalue weighted by atomic mass is 9.88. The summed E-state index contributed by atoms with van der Waals surface area (Å²) in [7, 11) is 0. The van der Waals surface area contributed by atoms with Crippen LogP contribution in [-0.4, -0.2) is 36.6 Å². The Kier molecular flexibility index (Phi) is 4.84. The average Bonchev–Trinajstić information content (AvgIpc) is 3.18. The molecule has 1 amide bonds. The number of hydrogen-bond acceptors (Lipinski definition) is 2. The van der Waals surface area contributed by atoms with E-state index in [1.54, 1.807) is 0 Å². The normalized spacial score (nSPS) is 24.6. The molecule has 98 valence electrons. The highest BCUT2D eigenvalue weighted by Crippen LogP contribution is 2.26. The number of carbonyl (C=O) groups is 1. The third-order valence-electron chi connectivity index (χ3n) is 3.87. The van der Waals surface area contributed by atoms with Crippen molar-refractivity contribution in [3.05, 3.63) is 0 Å². The quantitative estimate of drug-likeness (QED) is 0.667. The fraction of sp³-hybridized carbons (Fsp3) is 0.929. The van der Waals surface area contributed by atoms with Crippen molar-refractivity contribution in [2.45, 2.75) is 58.0 Å². The summed E-state index contributed by atoms with van der Waals surface area (Å²) in [6, 6.07) is 0. The summed E-state index contributed by atoms with van der Waals surface area (Å²) < 4.78 is 5.26. The Bertz CT molecular complexity index is 245. The van der Waals surface area contributed by atoms with E-state index in [0.29, 0.717) is 17.9 Å². The van der Waals surface area contributed by atoms with Crippen molar-refractivity contribution < 1.29 is 9.53 Å². The molecule has 0 radical (unpaired) electrons. The largest absolute Gasteiger partial charge is 0.371 e. The summed E-state index contributed by atoms with van der Waals surface area (Å²) in [6.45, 7) is 4.78. The molecule has 1 aliphatic heterocycles. The molecule has 1 saturated carbocycles. The van der Waals surface area contributed by atoms with Gasteiger partial charge in [0.25, 0.3) is 0 Å². The van der Waals surface area contributed by atoms with Crippen molar-refractivity contribution in [2.75, 3.05) is 19.7 Å². The van der Waals surface area contributed by atoms with Crippen LogP contribution in [0.4, 0.5) is 0 Å². The third-order valence-corrected chi connectivity index (χ3v) is 3.87. The Morgan fingerprint density at radius 3 is 2.59 bits per heavy atom. The zero-order chi connectivity index (χ0) is 12.1. The van der Waals surface area contributed by atoms with Gasteiger partial charge in [-0.25, -0.2) is 0 Å². The van der Waals surface area contributed by atoms with Crippen LogP contribution in [-0.2, 0) is 9.53 Å². The summed E-state index contributed by atoms with van der Waals surface area (Å²) in [6.07, 6.45) is 8.59. The van der Waals surface area contributed by atoms with Crippen LogP contribution in [0.2, 0.25) is 0 Å². The summed E-state index contributed by atoms with van der Waals surface area (Å²) in [4.78, 5) is 14.5. The molecule has 1 atom stereocenters. The Labute approximate surface area is 105 Å². The van der Waals surface area contributed by atoms with E-state index in [0.717, 1.165) is 45.4 Å². The predicted molar refractivity (Wildman–Crippen MR) is 67.8 cm³/mol. The first-order valence-electron chi connectivity index (χ1n) is 7.21. The Hall–Kier alpha value is -0.570. The van der Waals surface area contributed by atoms with E-state index in [1.165, 1.54) is 19.3 Å². The number of epoxide rings is 1. The van der Waals surface area contributed by atoms with Gasteiger partial charge in [-0.15, -0.1) is 0 Å². The van der Waals surface area contributed by atoms with E-state index in [4.69, 9.17) is 4.74 Å². The number of ether oxygens (including phenoxy) is 1. The number of amides is 1. The molecule has 0 aromatic heterocycles. The van der Waals surface area contributed by atoms with Crippen LogP contribution in [0, 0.1) is 5.92 Å². The lowest BCUT2D eigenvalue weighted by Crippen LogP contribution is -2.40. The molecule has 2 fully saturated rings. The molecule has 17 heavy (non-hydrogen) atoms. The molecular formula is C14H25NO2. The number of unbranched alkanes of at least 4 members (excludes halogenated alkanes) is 1. The van der Waals surface area contributed by atoms with Gasteiger partial charge in [0, 0.05) is 19.0 Å². The van der Waals surface area contributed by atoms with Gasteiger partial charge in [-0.1, -0.05) is 32.6 Å². The Morgan fingerprint density at radius 2 is 2.00 bits per heavy atom. The standard InChI is InChI=1S/C14H25NO2/c1-2-3-9-15(10-13-11-17-13)14(16)12-7-5-4-6-8-12/h12-13H,2-11H2,1H3. The smallest absolute Gasteiger partial charge is 0.225 e. The van der Waals surface area contributed by atoms with Gasteiger partial charge < -0.3 is 9.64 Å². The lowest BCUT2D eigenvalue weighted by molar-refractivity contribution is -0.136. The molecule has 1 saturated heterocycles. The molecular weight excluding hydrogens is 214 g/mol. The number of hydrogen-bond donors (Lipinski definition) is 0. The number of carbonyl (C=O) groups excluding carboxylic acids is 1. The second-order valence-corrected chi connectivity index (χ2v) is 5.43. The van der Waals surface area contributed by atoms with Gasteiger partial charge in [0.15, 0.2) is 0 Å². The summed E-state index contributed by atoms with van der Waals surface area (Å²) in [5.74, 6) is 0.702. The minimum Gasteiger partial charge on any atom is -0.371 e. The zero-order valence-corrected chi connectivity index (χ0v) is 11.0. The van der Waals surface area contributed by atoms with E-state index in [-0.39, 0.29) is 0 Å². The molecule has 0 N–H and O–H groups in total. The first-order valence-corrected chi connectivity index (χ1v) is 7.21. The fourth-order valence-corrected chi connectivity index (χ4v) is 2.67. The van der Waals surface area contributed by atoms with Crippen molar-refractivity contribution in [1.82, 2.24) is 4.90 Å². The van der Waals surface area contributed by atoms with Gasteiger partial charge in [-0.2, -0.15) is 0 Å². The third kappa shape index (κ3) is 3.98. The molecule has 0 aromatic carbocycles. The lowest BCUT2D eigenvalue weighted by Gasteiger charge is -2.29. The van der Waals surface area contributed by atoms with Gasteiger partial charge in [0.05, 0.1) is 12.7 Å². The minimum atomic E-state index is 0.305. The SMILES string of the molecule is CCCCN(CC1CO1)C(=O)C1CCCCC1. The van der Waals surface area contributed by atoms with Crippen molar-refractivity contribution in [3.63, 3.8) is 0 Å². The van der Waals surface area contributed by atoms with Gasteiger partial charge in [-0.05, 0) is 19.3 Å². The van der Waals surface area contributed by atoms with E-state index >= 15 is 0 Å². The molecule has 3 heteroatoms. The van der Waals surface area contributed by atoms with Gasteiger partial charge in [0.2, 0.25) is 5.91 Å². The van der Waals surface area contributed by atoms with Crippen molar-refractivity contribution >= 4 is 5.91 Å². The second-order valence-electron chi connectivity index (χ2n) is 5.43. The van der Waals surface area contributed by atoms with Crippen molar-refractivity contribution in [2.24, 2.45) is 5.92 Å².